The molecule has 2 rings (SSSR count). The Hall–Kier alpha value is -2.76. The summed E-state index contributed by atoms with van der Waals surface area (Å²) in [4.78, 5) is 23.0. The third-order valence-corrected chi connectivity index (χ3v) is 3.12. The molecule has 1 heterocycles. The molecule has 0 bridgehead atoms. The van der Waals surface area contributed by atoms with Crippen molar-refractivity contribution in [3.8, 4) is 22.6 Å². The molecular formula is C16H16O6. The molecule has 0 radical (unpaired) electrons. The van der Waals surface area contributed by atoms with E-state index >= 15 is 0 Å². The van der Waals surface area contributed by atoms with Crippen LogP contribution in [0.2, 0.25) is 0 Å². The van der Waals surface area contributed by atoms with Gasteiger partial charge in [0, 0.05) is 5.56 Å². The van der Waals surface area contributed by atoms with Crippen LogP contribution in [0.4, 0.5) is 0 Å². The van der Waals surface area contributed by atoms with E-state index in [1.54, 1.807) is 32.4 Å². The first-order chi connectivity index (χ1) is 10.6. The van der Waals surface area contributed by atoms with Crippen LogP contribution in [0.5, 0.6) is 11.5 Å². The Morgan fingerprint density at radius 2 is 1.73 bits per heavy atom. The quantitative estimate of drug-likeness (QED) is 0.464. The number of furan rings is 1. The Balaban J connectivity index is 2.24. The Morgan fingerprint density at radius 3 is 2.36 bits per heavy atom. The van der Waals surface area contributed by atoms with E-state index in [4.69, 9.17) is 13.9 Å². The molecule has 0 aliphatic heterocycles. The van der Waals surface area contributed by atoms with Gasteiger partial charge in [0.1, 0.15) is 6.42 Å². The largest absolute Gasteiger partial charge is 0.493 e. The predicted octanol–water partition coefficient (Wildman–Crippen LogP) is 2.71. The van der Waals surface area contributed by atoms with Crippen molar-refractivity contribution >= 4 is 11.8 Å². The molecule has 0 spiro atoms. The summed E-state index contributed by atoms with van der Waals surface area (Å²) in [5.41, 5.74) is 1.51. The third kappa shape index (κ3) is 3.28. The van der Waals surface area contributed by atoms with Gasteiger partial charge in [-0.1, -0.05) is 6.07 Å². The number of carbonyl (C=O) groups is 2. The third-order valence-electron chi connectivity index (χ3n) is 3.12. The van der Waals surface area contributed by atoms with Gasteiger partial charge in [0.15, 0.2) is 17.3 Å². The Kier molecular flexibility index (Phi) is 4.83. The van der Waals surface area contributed by atoms with E-state index in [-0.39, 0.29) is 12.2 Å². The molecule has 116 valence electrons. The van der Waals surface area contributed by atoms with Gasteiger partial charge in [0.25, 0.3) is 0 Å². The minimum atomic E-state index is -0.603. The van der Waals surface area contributed by atoms with Crippen molar-refractivity contribution in [1.29, 1.82) is 0 Å². The fourth-order valence-electron chi connectivity index (χ4n) is 1.94. The number of hydrogen-bond acceptors (Lipinski definition) is 6. The second kappa shape index (κ2) is 6.80. The normalized spacial score (nSPS) is 10.1. The molecule has 2 aromatic rings. The number of benzene rings is 1. The van der Waals surface area contributed by atoms with Gasteiger partial charge in [0.2, 0.25) is 5.78 Å². The minimum absolute atomic E-state index is 0.107. The van der Waals surface area contributed by atoms with Crippen molar-refractivity contribution in [2.75, 3.05) is 21.3 Å². The lowest BCUT2D eigenvalue weighted by atomic mass is 10.1. The SMILES string of the molecule is COC(=O)CC(=O)c1cc(-c2ccc(OC)c(OC)c2)co1. The van der Waals surface area contributed by atoms with Crippen molar-refractivity contribution in [3.63, 3.8) is 0 Å². The number of rotatable bonds is 6. The van der Waals surface area contributed by atoms with Crippen LogP contribution in [0.15, 0.2) is 34.9 Å². The first-order valence-corrected chi connectivity index (χ1v) is 6.50. The van der Waals surface area contributed by atoms with Crippen LogP contribution in [-0.4, -0.2) is 33.1 Å². The van der Waals surface area contributed by atoms with E-state index in [0.29, 0.717) is 17.1 Å². The van der Waals surface area contributed by atoms with Gasteiger partial charge in [-0.05, 0) is 23.8 Å². The summed E-state index contributed by atoms with van der Waals surface area (Å²) in [5, 5.41) is 0. The van der Waals surface area contributed by atoms with E-state index in [0.717, 1.165) is 5.56 Å². The van der Waals surface area contributed by atoms with Gasteiger partial charge in [0.05, 0.1) is 27.6 Å². The summed E-state index contributed by atoms with van der Waals surface area (Å²) in [7, 11) is 4.33. The zero-order valence-electron chi connectivity index (χ0n) is 12.5. The predicted molar refractivity (Wildman–Crippen MR) is 78.2 cm³/mol. The Morgan fingerprint density at radius 1 is 1.00 bits per heavy atom. The number of Topliss-reactive ketones (excluding diaryl/α,β-unsaturated/α-hetero) is 1. The molecule has 0 N–H and O–H groups in total. The fraction of sp³-hybridized carbons (Fsp3) is 0.250. The first-order valence-electron chi connectivity index (χ1n) is 6.50. The van der Waals surface area contributed by atoms with Gasteiger partial charge in [-0.3, -0.25) is 9.59 Å². The smallest absolute Gasteiger partial charge is 0.313 e. The minimum Gasteiger partial charge on any atom is -0.493 e. The molecule has 0 amide bonds. The zero-order valence-corrected chi connectivity index (χ0v) is 12.5. The van der Waals surface area contributed by atoms with Crippen LogP contribution in [0.3, 0.4) is 0 Å². The molecule has 1 aromatic heterocycles. The highest BCUT2D eigenvalue weighted by atomic mass is 16.5. The van der Waals surface area contributed by atoms with Crippen molar-refractivity contribution in [3.05, 3.63) is 36.3 Å². The van der Waals surface area contributed by atoms with Crippen LogP contribution in [0.25, 0.3) is 11.1 Å². The maximum absolute atomic E-state index is 11.8. The molecule has 0 aliphatic rings. The average molecular weight is 304 g/mol. The summed E-state index contributed by atoms with van der Waals surface area (Å²) in [6.45, 7) is 0. The van der Waals surface area contributed by atoms with Crippen molar-refractivity contribution in [2.24, 2.45) is 0 Å². The number of carbonyl (C=O) groups excluding carboxylic acids is 2. The van der Waals surface area contributed by atoms with Crippen molar-refractivity contribution in [1.82, 2.24) is 0 Å². The van der Waals surface area contributed by atoms with Gasteiger partial charge in [-0.15, -0.1) is 0 Å². The Bertz CT molecular complexity index is 686. The fourth-order valence-corrected chi connectivity index (χ4v) is 1.94. The molecule has 1 aromatic carbocycles. The maximum Gasteiger partial charge on any atom is 0.313 e. The van der Waals surface area contributed by atoms with Gasteiger partial charge in [-0.25, -0.2) is 0 Å². The van der Waals surface area contributed by atoms with Gasteiger partial charge < -0.3 is 18.6 Å². The highest BCUT2D eigenvalue weighted by Crippen LogP contribution is 2.33. The Labute approximate surface area is 127 Å². The number of methoxy groups -OCH3 is 3. The second-order valence-corrected chi connectivity index (χ2v) is 4.45. The summed E-state index contributed by atoms with van der Waals surface area (Å²) in [6.07, 6.45) is 1.10. The van der Waals surface area contributed by atoms with Crippen LogP contribution >= 0.6 is 0 Å². The van der Waals surface area contributed by atoms with Crippen LogP contribution in [0, 0.1) is 0 Å². The van der Waals surface area contributed by atoms with Crippen molar-refractivity contribution < 1.29 is 28.2 Å². The zero-order chi connectivity index (χ0) is 16.1. The lowest BCUT2D eigenvalue weighted by Gasteiger charge is -2.08. The summed E-state index contributed by atoms with van der Waals surface area (Å²) < 4.78 is 20.1. The molecule has 0 fully saturated rings. The number of hydrogen-bond donors (Lipinski definition) is 0. The second-order valence-electron chi connectivity index (χ2n) is 4.45. The van der Waals surface area contributed by atoms with Gasteiger partial charge in [-0.2, -0.15) is 0 Å². The standard InChI is InChI=1S/C16H16O6/c1-19-13-5-4-10(6-15(13)20-2)11-7-14(22-9-11)12(17)8-16(18)21-3/h4-7,9H,8H2,1-3H3. The number of ether oxygens (including phenoxy) is 3. The molecule has 6 nitrogen and oxygen atoms in total. The lowest BCUT2D eigenvalue weighted by molar-refractivity contribution is -0.139. The maximum atomic E-state index is 11.8. The number of esters is 1. The monoisotopic (exact) mass is 304 g/mol. The van der Waals surface area contributed by atoms with Gasteiger partial charge >= 0.3 is 5.97 Å². The van der Waals surface area contributed by atoms with E-state index in [9.17, 15) is 9.59 Å². The molecule has 0 saturated heterocycles. The molecule has 0 unspecified atom stereocenters. The van der Waals surface area contributed by atoms with Crippen LogP contribution in [-0.2, 0) is 9.53 Å². The highest BCUT2D eigenvalue weighted by molar-refractivity contribution is 6.04. The summed E-state index contributed by atoms with van der Waals surface area (Å²) >= 11 is 0. The van der Waals surface area contributed by atoms with Crippen LogP contribution < -0.4 is 9.47 Å². The van der Waals surface area contributed by atoms with E-state index in [2.05, 4.69) is 4.74 Å². The summed E-state index contributed by atoms with van der Waals surface area (Å²) in [6, 6.07) is 6.93. The van der Waals surface area contributed by atoms with E-state index in [1.165, 1.54) is 13.4 Å². The summed E-state index contributed by atoms with van der Waals surface area (Å²) in [5.74, 6) is 0.253. The lowest BCUT2D eigenvalue weighted by Crippen LogP contribution is -2.08. The molecule has 22 heavy (non-hydrogen) atoms. The van der Waals surface area contributed by atoms with E-state index < -0.39 is 11.8 Å². The molecule has 0 saturated carbocycles. The molecule has 0 atom stereocenters. The topological polar surface area (TPSA) is 75.0 Å². The first kappa shape index (κ1) is 15.6. The highest BCUT2D eigenvalue weighted by Gasteiger charge is 2.17. The molecule has 0 aliphatic carbocycles. The van der Waals surface area contributed by atoms with E-state index in [1.807, 2.05) is 6.07 Å². The number of ketones is 1. The van der Waals surface area contributed by atoms with Crippen LogP contribution in [0.1, 0.15) is 17.0 Å². The molecular weight excluding hydrogens is 288 g/mol. The average Bonchev–Trinajstić information content (AvgIpc) is 3.04. The van der Waals surface area contributed by atoms with Crippen molar-refractivity contribution in [2.45, 2.75) is 6.42 Å². The molecule has 6 heteroatoms.